The Kier molecular flexibility index (Phi) is 7.02. The quantitative estimate of drug-likeness (QED) is 0.731. The second-order valence-corrected chi connectivity index (χ2v) is 4.95. The van der Waals surface area contributed by atoms with Crippen LogP contribution < -0.4 is 5.32 Å². The van der Waals surface area contributed by atoms with Crippen molar-refractivity contribution in [3.8, 4) is 0 Å². The van der Waals surface area contributed by atoms with Crippen molar-refractivity contribution < 1.29 is 0 Å². The van der Waals surface area contributed by atoms with Crippen LogP contribution >= 0.6 is 61.2 Å². The lowest BCUT2D eigenvalue weighted by Gasteiger charge is -1.93. The Balaban J connectivity index is 0.000000720. The van der Waals surface area contributed by atoms with E-state index in [0.29, 0.717) is 0 Å². The van der Waals surface area contributed by atoms with Gasteiger partial charge in [-0.25, -0.2) is 4.98 Å². The van der Waals surface area contributed by atoms with Gasteiger partial charge in [-0.2, -0.15) is 0 Å². The molecule has 76 valence electrons. The SMILES string of the molecule is Br.Br.Brc1nc2c(s1)CCNCC2. The van der Waals surface area contributed by atoms with E-state index in [9.17, 15) is 0 Å². The Morgan fingerprint density at radius 3 is 2.69 bits per heavy atom. The topological polar surface area (TPSA) is 24.9 Å². The standard InChI is InChI=1S/C7H9BrN2S.2BrH/c8-7-10-5-1-3-9-4-2-6(5)11-7;;/h9H,1-4H2;2*1H. The molecular formula is C7H11Br3N2S. The van der Waals surface area contributed by atoms with E-state index in [1.54, 1.807) is 11.3 Å². The van der Waals surface area contributed by atoms with Crippen LogP contribution in [0.15, 0.2) is 3.92 Å². The largest absolute Gasteiger partial charge is 0.316 e. The van der Waals surface area contributed by atoms with Crippen LogP contribution in [0.25, 0.3) is 0 Å². The molecule has 6 heteroatoms. The molecule has 0 unspecified atom stereocenters. The highest BCUT2D eigenvalue weighted by molar-refractivity contribution is 9.11. The maximum absolute atomic E-state index is 4.41. The van der Waals surface area contributed by atoms with Crippen LogP contribution in [-0.2, 0) is 12.8 Å². The molecule has 0 radical (unpaired) electrons. The highest BCUT2D eigenvalue weighted by Gasteiger charge is 2.11. The number of halogens is 3. The van der Waals surface area contributed by atoms with Crippen LogP contribution in [0.3, 0.4) is 0 Å². The van der Waals surface area contributed by atoms with Crippen molar-refractivity contribution >= 4 is 61.2 Å². The molecule has 1 aliphatic heterocycles. The molecule has 2 rings (SSSR count). The Morgan fingerprint density at radius 2 is 1.92 bits per heavy atom. The number of nitrogens with one attached hydrogen (secondary N) is 1. The van der Waals surface area contributed by atoms with E-state index in [1.807, 2.05) is 0 Å². The molecule has 0 atom stereocenters. The highest BCUT2D eigenvalue weighted by atomic mass is 79.9. The van der Waals surface area contributed by atoms with E-state index >= 15 is 0 Å². The minimum atomic E-state index is 0. The first-order valence-corrected chi connectivity index (χ1v) is 5.32. The third-order valence-electron chi connectivity index (χ3n) is 1.82. The Bertz CT molecular complexity index is 241. The lowest BCUT2D eigenvalue weighted by atomic mass is 10.2. The van der Waals surface area contributed by atoms with Crippen molar-refractivity contribution in [2.45, 2.75) is 12.8 Å². The van der Waals surface area contributed by atoms with Gasteiger partial charge >= 0.3 is 0 Å². The first kappa shape index (κ1) is 14.0. The third-order valence-corrected chi connectivity index (χ3v) is 3.43. The fraction of sp³-hybridized carbons (Fsp3) is 0.571. The summed E-state index contributed by atoms with van der Waals surface area (Å²) in [5.74, 6) is 0. The fourth-order valence-electron chi connectivity index (χ4n) is 1.28. The summed E-state index contributed by atoms with van der Waals surface area (Å²) in [6.07, 6.45) is 2.22. The molecule has 0 fully saturated rings. The molecular weight excluding hydrogens is 384 g/mol. The van der Waals surface area contributed by atoms with Gasteiger partial charge in [0.15, 0.2) is 3.92 Å². The molecule has 1 N–H and O–H groups in total. The van der Waals surface area contributed by atoms with E-state index in [1.165, 1.54) is 10.6 Å². The first-order chi connectivity index (χ1) is 5.36. The Hall–Kier alpha value is 1.03. The summed E-state index contributed by atoms with van der Waals surface area (Å²) in [6.45, 7) is 2.17. The van der Waals surface area contributed by atoms with Gasteiger partial charge < -0.3 is 5.32 Å². The summed E-state index contributed by atoms with van der Waals surface area (Å²) >= 11 is 5.17. The maximum Gasteiger partial charge on any atom is 0.159 e. The highest BCUT2D eigenvalue weighted by Crippen LogP contribution is 2.24. The molecule has 13 heavy (non-hydrogen) atoms. The summed E-state index contributed by atoms with van der Waals surface area (Å²) < 4.78 is 1.03. The van der Waals surface area contributed by atoms with Crippen LogP contribution in [-0.4, -0.2) is 18.1 Å². The molecule has 1 aromatic rings. The summed E-state index contributed by atoms with van der Waals surface area (Å²) in [7, 11) is 0. The van der Waals surface area contributed by atoms with E-state index in [0.717, 1.165) is 29.8 Å². The van der Waals surface area contributed by atoms with E-state index in [-0.39, 0.29) is 34.0 Å². The second-order valence-electron chi connectivity index (χ2n) is 2.59. The summed E-state index contributed by atoms with van der Waals surface area (Å²) in [6, 6.07) is 0. The van der Waals surface area contributed by atoms with Gasteiger partial charge in [-0.1, -0.05) is 0 Å². The van der Waals surface area contributed by atoms with Gasteiger partial charge in [0.05, 0.1) is 5.69 Å². The minimum Gasteiger partial charge on any atom is -0.316 e. The number of rotatable bonds is 0. The predicted molar refractivity (Wildman–Crippen MR) is 70.7 cm³/mol. The number of fused-ring (bicyclic) bond motifs is 1. The zero-order valence-electron chi connectivity index (χ0n) is 6.88. The molecule has 1 aromatic heterocycles. The number of nitrogens with zero attached hydrogens (tertiary/aromatic N) is 1. The normalized spacial score (nSPS) is 14.8. The smallest absolute Gasteiger partial charge is 0.159 e. The van der Waals surface area contributed by atoms with Crippen molar-refractivity contribution in [1.82, 2.24) is 10.3 Å². The van der Waals surface area contributed by atoms with Gasteiger partial charge in [-0.3, -0.25) is 0 Å². The summed E-state index contributed by atoms with van der Waals surface area (Å²) in [4.78, 5) is 5.85. The molecule has 0 aromatic carbocycles. The monoisotopic (exact) mass is 392 g/mol. The van der Waals surface area contributed by atoms with Crippen molar-refractivity contribution in [1.29, 1.82) is 0 Å². The predicted octanol–water partition coefficient (Wildman–Crippen LogP) is 2.75. The molecule has 0 spiro atoms. The first-order valence-electron chi connectivity index (χ1n) is 3.71. The summed E-state index contributed by atoms with van der Waals surface area (Å²) in [5, 5.41) is 3.35. The van der Waals surface area contributed by atoms with Crippen molar-refractivity contribution in [3.05, 3.63) is 14.5 Å². The molecule has 0 bridgehead atoms. The molecule has 0 saturated carbocycles. The minimum absolute atomic E-state index is 0. The van der Waals surface area contributed by atoms with E-state index in [2.05, 4.69) is 26.2 Å². The Morgan fingerprint density at radius 1 is 1.23 bits per heavy atom. The molecule has 1 aliphatic rings. The fourth-order valence-corrected chi connectivity index (χ4v) is 2.91. The van der Waals surface area contributed by atoms with Crippen LogP contribution in [0.2, 0.25) is 0 Å². The molecule has 0 saturated heterocycles. The molecule has 0 amide bonds. The van der Waals surface area contributed by atoms with Crippen LogP contribution in [0.5, 0.6) is 0 Å². The van der Waals surface area contributed by atoms with Crippen LogP contribution in [0, 0.1) is 0 Å². The third kappa shape index (κ3) is 3.58. The second kappa shape index (κ2) is 6.50. The van der Waals surface area contributed by atoms with Gasteiger partial charge in [0.2, 0.25) is 0 Å². The lowest BCUT2D eigenvalue weighted by molar-refractivity contribution is 0.708. The maximum atomic E-state index is 4.41. The van der Waals surface area contributed by atoms with Gasteiger partial charge in [-0.05, 0) is 22.4 Å². The number of thiazole rings is 1. The van der Waals surface area contributed by atoms with Crippen molar-refractivity contribution in [3.63, 3.8) is 0 Å². The van der Waals surface area contributed by atoms with E-state index < -0.39 is 0 Å². The average Bonchev–Trinajstić information content (AvgIpc) is 2.17. The number of aromatic nitrogens is 1. The number of hydrogen-bond donors (Lipinski definition) is 1. The van der Waals surface area contributed by atoms with Gasteiger partial charge in [0.1, 0.15) is 0 Å². The molecule has 2 heterocycles. The van der Waals surface area contributed by atoms with Gasteiger partial charge in [0.25, 0.3) is 0 Å². The van der Waals surface area contributed by atoms with Gasteiger partial charge in [-0.15, -0.1) is 45.3 Å². The van der Waals surface area contributed by atoms with Crippen LogP contribution in [0.4, 0.5) is 0 Å². The number of hydrogen-bond acceptors (Lipinski definition) is 3. The molecule has 0 aliphatic carbocycles. The molecule has 2 nitrogen and oxygen atoms in total. The van der Waals surface area contributed by atoms with Crippen molar-refractivity contribution in [2.75, 3.05) is 13.1 Å². The van der Waals surface area contributed by atoms with Crippen molar-refractivity contribution in [2.24, 2.45) is 0 Å². The van der Waals surface area contributed by atoms with Gasteiger partial charge in [0, 0.05) is 24.4 Å². The zero-order chi connectivity index (χ0) is 7.68. The summed E-state index contributed by atoms with van der Waals surface area (Å²) in [5.41, 5.74) is 1.28. The lowest BCUT2D eigenvalue weighted by Crippen LogP contribution is -2.16. The van der Waals surface area contributed by atoms with E-state index in [4.69, 9.17) is 0 Å². The zero-order valence-corrected chi connectivity index (χ0v) is 12.7. The Labute approximate surface area is 111 Å². The van der Waals surface area contributed by atoms with Crippen LogP contribution in [0.1, 0.15) is 10.6 Å². The average molecular weight is 395 g/mol.